The van der Waals surface area contributed by atoms with Crippen LogP contribution >= 0.6 is 11.6 Å². The number of benzene rings is 1. The highest BCUT2D eigenvalue weighted by Gasteiger charge is 2.30. The van der Waals surface area contributed by atoms with Gasteiger partial charge in [-0.1, -0.05) is 11.6 Å². The van der Waals surface area contributed by atoms with E-state index in [1.807, 2.05) is 41.5 Å². The van der Waals surface area contributed by atoms with Crippen LogP contribution in [-0.4, -0.2) is 41.1 Å². The summed E-state index contributed by atoms with van der Waals surface area (Å²) in [5, 5.41) is 3.48. The molecule has 0 saturated carbocycles. The second kappa shape index (κ2) is 7.95. The van der Waals surface area contributed by atoms with E-state index < -0.39 is 11.5 Å². The van der Waals surface area contributed by atoms with Crippen LogP contribution in [0.3, 0.4) is 0 Å². The van der Waals surface area contributed by atoms with Gasteiger partial charge in [0.05, 0.1) is 10.6 Å². The summed E-state index contributed by atoms with van der Waals surface area (Å²) in [6.45, 7) is 12.3. The van der Waals surface area contributed by atoms with Gasteiger partial charge < -0.3 is 20.7 Å². The van der Waals surface area contributed by atoms with E-state index >= 15 is 0 Å². The lowest BCUT2D eigenvalue weighted by atomic mass is 10.1. The molecular formula is C18H28ClN3O3. The number of ether oxygens (including phenoxy) is 1. The van der Waals surface area contributed by atoms with Gasteiger partial charge in [0.15, 0.2) is 0 Å². The average Bonchev–Trinajstić information content (AvgIpc) is 2.39. The smallest absolute Gasteiger partial charge is 0.410 e. The van der Waals surface area contributed by atoms with Gasteiger partial charge in [-0.05, 0) is 59.7 Å². The topological polar surface area (TPSA) is 84.7 Å². The molecule has 1 rings (SSSR count). The van der Waals surface area contributed by atoms with Crippen molar-refractivity contribution < 1.29 is 14.3 Å². The molecule has 3 N–H and O–H groups in total. The second-order valence-corrected chi connectivity index (χ2v) is 8.20. The van der Waals surface area contributed by atoms with Crippen molar-refractivity contribution >= 4 is 29.3 Å². The highest BCUT2D eigenvalue weighted by molar-refractivity contribution is 6.34. The van der Waals surface area contributed by atoms with Crippen LogP contribution in [0.5, 0.6) is 0 Å². The van der Waals surface area contributed by atoms with Gasteiger partial charge in [0.1, 0.15) is 5.60 Å². The van der Waals surface area contributed by atoms with Gasteiger partial charge in [0.2, 0.25) is 5.91 Å². The third-order valence-corrected chi connectivity index (χ3v) is 3.64. The fourth-order valence-electron chi connectivity index (χ4n) is 2.15. The van der Waals surface area contributed by atoms with E-state index in [1.165, 1.54) is 0 Å². The molecule has 140 valence electrons. The number of nitrogens with zero attached hydrogens (tertiary/aromatic N) is 1. The van der Waals surface area contributed by atoms with Gasteiger partial charge in [-0.3, -0.25) is 4.79 Å². The Hall–Kier alpha value is -1.95. The summed E-state index contributed by atoms with van der Waals surface area (Å²) >= 11 is 6.04. The van der Waals surface area contributed by atoms with Crippen molar-refractivity contribution in [3.63, 3.8) is 0 Å². The van der Waals surface area contributed by atoms with Crippen LogP contribution in [0.15, 0.2) is 18.2 Å². The molecule has 0 fully saturated rings. The van der Waals surface area contributed by atoms with E-state index in [9.17, 15) is 9.59 Å². The SMILES string of the molecule is CC(C)(C)OC(=O)N(CCNc1ccc(C(N)=O)c(Cl)c1)C(C)(C)C. The molecule has 0 bridgehead atoms. The summed E-state index contributed by atoms with van der Waals surface area (Å²) in [5.74, 6) is -0.569. The largest absolute Gasteiger partial charge is 0.444 e. The summed E-state index contributed by atoms with van der Waals surface area (Å²) in [6, 6.07) is 4.93. The van der Waals surface area contributed by atoms with Crippen molar-refractivity contribution in [1.29, 1.82) is 0 Å². The molecule has 0 saturated heterocycles. The van der Waals surface area contributed by atoms with Gasteiger partial charge in [-0.15, -0.1) is 0 Å². The summed E-state index contributed by atoms with van der Waals surface area (Å²) < 4.78 is 5.48. The highest BCUT2D eigenvalue weighted by atomic mass is 35.5. The number of nitrogens with one attached hydrogen (secondary N) is 1. The lowest BCUT2D eigenvalue weighted by Gasteiger charge is -2.37. The molecule has 1 aromatic rings. The summed E-state index contributed by atoms with van der Waals surface area (Å²) in [4.78, 5) is 25.3. The molecule has 0 aliphatic rings. The molecule has 0 atom stereocenters. The average molecular weight is 370 g/mol. The number of hydrogen-bond acceptors (Lipinski definition) is 4. The number of hydrogen-bond donors (Lipinski definition) is 2. The Morgan fingerprint density at radius 1 is 1.20 bits per heavy atom. The first-order chi connectivity index (χ1) is 11.3. The van der Waals surface area contributed by atoms with E-state index in [1.54, 1.807) is 23.1 Å². The molecule has 0 heterocycles. The first-order valence-corrected chi connectivity index (χ1v) is 8.53. The first kappa shape index (κ1) is 21.1. The minimum atomic E-state index is -0.569. The van der Waals surface area contributed by atoms with E-state index in [4.69, 9.17) is 22.1 Å². The van der Waals surface area contributed by atoms with Crippen molar-refractivity contribution in [1.82, 2.24) is 4.90 Å². The zero-order valence-electron chi connectivity index (χ0n) is 15.8. The van der Waals surface area contributed by atoms with Gasteiger partial charge >= 0.3 is 6.09 Å². The molecular weight excluding hydrogens is 342 g/mol. The third kappa shape index (κ3) is 6.82. The summed E-state index contributed by atoms with van der Waals surface area (Å²) in [7, 11) is 0. The molecule has 6 nitrogen and oxygen atoms in total. The standard InChI is InChI=1S/C18H28ClN3O3/c1-17(2,3)22(16(24)25-18(4,5)6)10-9-21-12-7-8-13(15(20)23)14(19)11-12/h7-8,11,21H,9-10H2,1-6H3,(H2,20,23). The Morgan fingerprint density at radius 2 is 1.80 bits per heavy atom. The minimum absolute atomic E-state index is 0.275. The molecule has 0 aliphatic carbocycles. The monoisotopic (exact) mass is 369 g/mol. The highest BCUT2D eigenvalue weighted by Crippen LogP contribution is 2.21. The predicted octanol–water partition coefficient (Wildman–Crippen LogP) is 3.89. The van der Waals surface area contributed by atoms with Crippen LogP contribution in [-0.2, 0) is 4.74 Å². The lowest BCUT2D eigenvalue weighted by Crippen LogP contribution is -2.49. The maximum atomic E-state index is 12.4. The van der Waals surface area contributed by atoms with Crippen LogP contribution in [0, 0.1) is 0 Å². The number of carbonyl (C=O) groups is 2. The maximum absolute atomic E-state index is 12.4. The number of halogens is 1. The van der Waals surface area contributed by atoms with Crippen molar-refractivity contribution in [2.24, 2.45) is 5.73 Å². The van der Waals surface area contributed by atoms with Crippen LogP contribution in [0.1, 0.15) is 51.9 Å². The quantitative estimate of drug-likeness (QED) is 0.824. The fraction of sp³-hybridized carbons (Fsp3) is 0.556. The Balaban J connectivity index is 2.74. The van der Waals surface area contributed by atoms with Gasteiger partial charge in [-0.2, -0.15) is 0 Å². The molecule has 0 unspecified atom stereocenters. The van der Waals surface area contributed by atoms with Crippen molar-refractivity contribution in [3.8, 4) is 0 Å². The van der Waals surface area contributed by atoms with Gasteiger partial charge in [0.25, 0.3) is 0 Å². The molecule has 7 heteroatoms. The Morgan fingerprint density at radius 3 is 2.24 bits per heavy atom. The van der Waals surface area contributed by atoms with E-state index in [0.717, 1.165) is 5.69 Å². The second-order valence-electron chi connectivity index (χ2n) is 7.79. The van der Waals surface area contributed by atoms with E-state index in [0.29, 0.717) is 13.1 Å². The normalized spacial score (nSPS) is 11.8. The van der Waals surface area contributed by atoms with Gasteiger partial charge in [-0.25, -0.2) is 4.79 Å². The predicted molar refractivity (Wildman–Crippen MR) is 101 cm³/mol. The van der Waals surface area contributed by atoms with E-state index in [-0.39, 0.29) is 22.2 Å². The first-order valence-electron chi connectivity index (χ1n) is 8.15. The van der Waals surface area contributed by atoms with Crippen LogP contribution in [0.2, 0.25) is 5.02 Å². The van der Waals surface area contributed by atoms with Crippen LogP contribution < -0.4 is 11.1 Å². The van der Waals surface area contributed by atoms with Crippen LogP contribution in [0.25, 0.3) is 0 Å². The zero-order chi connectivity index (χ0) is 19.4. The minimum Gasteiger partial charge on any atom is -0.444 e. The lowest BCUT2D eigenvalue weighted by molar-refractivity contribution is 0.00748. The molecule has 1 aromatic carbocycles. The Kier molecular flexibility index (Phi) is 6.71. The van der Waals surface area contributed by atoms with Crippen molar-refractivity contribution in [2.45, 2.75) is 52.7 Å². The number of carbonyl (C=O) groups excluding carboxylic acids is 2. The van der Waals surface area contributed by atoms with Crippen LogP contribution in [0.4, 0.5) is 10.5 Å². The Bertz CT molecular complexity index is 633. The Labute approximate surface area is 154 Å². The molecule has 0 aromatic heterocycles. The van der Waals surface area contributed by atoms with Gasteiger partial charge in [0, 0.05) is 24.3 Å². The molecule has 0 aliphatic heterocycles. The summed E-state index contributed by atoms with van der Waals surface area (Å²) in [6.07, 6.45) is -0.357. The maximum Gasteiger partial charge on any atom is 0.410 e. The fourth-order valence-corrected chi connectivity index (χ4v) is 2.43. The van der Waals surface area contributed by atoms with E-state index in [2.05, 4.69) is 5.32 Å². The number of primary amides is 1. The molecule has 25 heavy (non-hydrogen) atoms. The van der Waals surface area contributed by atoms with Crippen molar-refractivity contribution in [2.75, 3.05) is 18.4 Å². The van der Waals surface area contributed by atoms with Crippen molar-refractivity contribution in [3.05, 3.63) is 28.8 Å². The molecule has 2 amide bonds. The zero-order valence-corrected chi connectivity index (χ0v) is 16.5. The third-order valence-electron chi connectivity index (χ3n) is 3.32. The number of amides is 2. The summed E-state index contributed by atoms with van der Waals surface area (Å²) in [5.41, 5.74) is 5.33. The molecule has 0 spiro atoms. The number of nitrogens with two attached hydrogens (primary N) is 1. The number of rotatable bonds is 5. The number of anilines is 1. The molecule has 0 radical (unpaired) electrons.